The van der Waals surface area contributed by atoms with E-state index in [1.54, 1.807) is 13.2 Å². The molecule has 4 atom stereocenters. The molecule has 1 aromatic rings. The Hall–Kier alpha value is -1.13. The smallest absolute Gasteiger partial charge is 0.131 e. The Bertz CT molecular complexity index is 508. The lowest BCUT2D eigenvalue weighted by Gasteiger charge is -2.30. The molecule has 2 fully saturated rings. The average Bonchev–Trinajstić information content (AvgIpc) is 2.92. The molecule has 4 unspecified atom stereocenters. The van der Waals surface area contributed by atoms with Gasteiger partial charge in [-0.15, -0.1) is 0 Å². The van der Waals surface area contributed by atoms with Crippen LogP contribution in [0.3, 0.4) is 0 Å². The number of benzene rings is 1. The number of halogens is 1. The van der Waals surface area contributed by atoms with Crippen LogP contribution in [0.5, 0.6) is 5.75 Å². The minimum absolute atomic E-state index is 0.0268. The summed E-state index contributed by atoms with van der Waals surface area (Å²) in [4.78, 5) is 2.38. The molecule has 0 radical (unpaired) electrons. The molecule has 2 N–H and O–H groups in total. The fraction of sp³-hybridized carbons (Fsp3) is 0.647. The van der Waals surface area contributed by atoms with Gasteiger partial charge in [0.25, 0.3) is 0 Å². The van der Waals surface area contributed by atoms with Gasteiger partial charge in [0, 0.05) is 30.7 Å². The normalized spacial score (nSPS) is 31.0. The van der Waals surface area contributed by atoms with E-state index in [0.29, 0.717) is 29.2 Å². The van der Waals surface area contributed by atoms with Crippen molar-refractivity contribution in [1.29, 1.82) is 0 Å². The van der Waals surface area contributed by atoms with Gasteiger partial charge < -0.3 is 10.5 Å². The lowest BCUT2D eigenvalue weighted by Crippen LogP contribution is -2.38. The average molecular weight is 292 g/mol. The van der Waals surface area contributed by atoms with Gasteiger partial charge in [0.2, 0.25) is 0 Å². The maximum absolute atomic E-state index is 14.3. The van der Waals surface area contributed by atoms with Crippen LogP contribution in [0.25, 0.3) is 0 Å². The second-order valence-electron chi connectivity index (χ2n) is 6.50. The van der Waals surface area contributed by atoms with Crippen molar-refractivity contribution in [3.63, 3.8) is 0 Å². The van der Waals surface area contributed by atoms with Gasteiger partial charge in [-0.25, -0.2) is 4.39 Å². The van der Waals surface area contributed by atoms with Crippen LogP contribution in [0.15, 0.2) is 18.2 Å². The van der Waals surface area contributed by atoms with Crippen molar-refractivity contribution in [2.24, 2.45) is 17.6 Å². The molecule has 4 heteroatoms. The lowest BCUT2D eigenvalue weighted by molar-refractivity contribution is 0.235. The highest BCUT2D eigenvalue weighted by Crippen LogP contribution is 2.41. The Morgan fingerprint density at radius 2 is 2.14 bits per heavy atom. The number of fused-ring (bicyclic) bond motifs is 1. The Labute approximate surface area is 126 Å². The Kier molecular flexibility index (Phi) is 4.18. The molecule has 21 heavy (non-hydrogen) atoms. The van der Waals surface area contributed by atoms with Gasteiger partial charge in [0.05, 0.1) is 7.11 Å². The molecule has 0 bridgehead atoms. The van der Waals surface area contributed by atoms with Crippen LogP contribution in [0.1, 0.15) is 37.8 Å². The Balaban J connectivity index is 1.82. The number of hydrogen-bond donors (Lipinski definition) is 1. The zero-order chi connectivity index (χ0) is 15.0. The highest BCUT2D eigenvalue weighted by atomic mass is 19.1. The summed E-state index contributed by atoms with van der Waals surface area (Å²) in [6, 6.07) is 5.39. The minimum Gasteiger partial charge on any atom is -0.496 e. The third-order valence-corrected chi connectivity index (χ3v) is 5.38. The highest BCUT2D eigenvalue weighted by Gasteiger charge is 2.41. The molecule has 1 saturated heterocycles. The maximum Gasteiger partial charge on any atom is 0.131 e. The van der Waals surface area contributed by atoms with E-state index < -0.39 is 0 Å². The van der Waals surface area contributed by atoms with Gasteiger partial charge in [0.15, 0.2) is 0 Å². The molecular weight excluding hydrogens is 267 g/mol. The number of rotatable bonds is 3. The first-order valence-electron chi connectivity index (χ1n) is 7.94. The van der Waals surface area contributed by atoms with Crippen molar-refractivity contribution < 1.29 is 9.13 Å². The van der Waals surface area contributed by atoms with Crippen LogP contribution in [0.4, 0.5) is 4.39 Å². The summed E-state index contributed by atoms with van der Waals surface area (Å²) in [6.07, 6.45) is 3.62. The first-order valence-corrected chi connectivity index (χ1v) is 7.94. The topological polar surface area (TPSA) is 38.5 Å². The standard InChI is InChI=1S/C17H25FN2O/c1-11(17-14(18)6-4-8-16(17)21-2)20-9-12-5-3-7-15(19)13(12)10-20/h4,6,8,11-13,15H,3,5,7,9-10,19H2,1-2H3. The van der Waals surface area contributed by atoms with Crippen LogP contribution in [0.2, 0.25) is 0 Å². The second kappa shape index (κ2) is 5.93. The molecule has 0 aromatic heterocycles. The summed E-state index contributed by atoms with van der Waals surface area (Å²) in [5.74, 6) is 1.70. The van der Waals surface area contributed by atoms with Gasteiger partial charge in [-0.3, -0.25) is 4.90 Å². The number of ether oxygens (including phenoxy) is 1. The number of hydrogen-bond acceptors (Lipinski definition) is 3. The SMILES string of the molecule is COc1cccc(F)c1C(C)N1CC2CCCC(N)C2C1. The van der Waals surface area contributed by atoms with Crippen molar-refractivity contribution in [3.05, 3.63) is 29.6 Å². The van der Waals surface area contributed by atoms with Crippen LogP contribution in [0, 0.1) is 17.7 Å². The number of nitrogens with two attached hydrogens (primary N) is 1. The molecule has 0 spiro atoms. The lowest BCUT2D eigenvalue weighted by atomic mass is 9.78. The third kappa shape index (κ3) is 2.67. The summed E-state index contributed by atoms with van der Waals surface area (Å²) in [5, 5.41) is 0. The molecule has 1 aromatic carbocycles. The van der Waals surface area contributed by atoms with Crippen molar-refractivity contribution in [3.8, 4) is 5.75 Å². The predicted octanol–water partition coefficient (Wildman–Crippen LogP) is 2.95. The molecule has 3 nitrogen and oxygen atoms in total. The van der Waals surface area contributed by atoms with Gasteiger partial charge in [-0.05, 0) is 43.7 Å². The van der Waals surface area contributed by atoms with Crippen LogP contribution < -0.4 is 10.5 Å². The molecule has 0 amide bonds. The van der Waals surface area contributed by atoms with Gasteiger partial charge in [0.1, 0.15) is 11.6 Å². The first-order chi connectivity index (χ1) is 10.1. The van der Waals surface area contributed by atoms with E-state index in [1.165, 1.54) is 18.9 Å². The van der Waals surface area contributed by atoms with Gasteiger partial charge in [-0.2, -0.15) is 0 Å². The van der Waals surface area contributed by atoms with Crippen molar-refractivity contribution in [1.82, 2.24) is 4.90 Å². The summed E-state index contributed by atoms with van der Waals surface area (Å²) < 4.78 is 19.6. The molecular formula is C17H25FN2O. The third-order valence-electron chi connectivity index (χ3n) is 5.38. The van der Waals surface area contributed by atoms with Crippen molar-refractivity contribution >= 4 is 0 Å². The minimum atomic E-state index is -0.180. The van der Waals surface area contributed by atoms with E-state index in [9.17, 15) is 4.39 Å². The monoisotopic (exact) mass is 292 g/mol. The molecule has 116 valence electrons. The first kappa shape index (κ1) is 14.8. The number of nitrogens with zero attached hydrogens (tertiary/aromatic N) is 1. The van der Waals surface area contributed by atoms with Crippen LogP contribution in [-0.2, 0) is 0 Å². The van der Waals surface area contributed by atoms with E-state index in [0.717, 1.165) is 19.5 Å². The Morgan fingerprint density at radius 3 is 2.86 bits per heavy atom. The Morgan fingerprint density at radius 1 is 1.33 bits per heavy atom. The predicted molar refractivity (Wildman–Crippen MR) is 81.7 cm³/mol. The van der Waals surface area contributed by atoms with Crippen molar-refractivity contribution in [2.45, 2.75) is 38.3 Å². The molecule has 3 rings (SSSR count). The zero-order valence-corrected chi connectivity index (χ0v) is 12.9. The van der Waals surface area contributed by atoms with E-state index in [2.05, 4.69) is 11.8 Å². The van der Waals surface area contributed by atoms with Crippen LogP contribution >= 0.6 is 0 Å². The number of methoxy groups -OCH3 is 1. The van der Waals surface area contributed by atoms with Crippen LogP contribution in [-0.4, -0.2) is 31.1 Å². The molecule has 1 heterocycles. The summed E-state index contributed by atoms with van der Waals surface area (Å²) >= 11 is 0. The quantitative estimate of drug-likeness (QED) is 0.931. The summed E-state index contributed by atoms with van der Waals surface area (Å²) in [7, 11) is 1.60. The van der Waals surface area contributed by atoms with Crippen molar-refractivity contribution in [2.75, 3.05) is 20.2 Å². The van der Waals surface area contributed by atoms with Gasteiger partial charge >= 0.3 is 0 Å². The zero-order valence-electron chi connectivity index (χ0n) is 12.9. The van der Waals surface area contributed by atoms with E-state index in [-0.39, 0.29) is 11.9 Å². The second-order valence-corrected chi connectivity index (χ2v) is 6.50. The molecule has 1 aliphatic heterocycles. The molecule has 2 aliphatic rings. The van der Waals surface area contributed by atoms with E-state index >= 15 is 0 Å². The molecule has 1 saturated carbocycles. The highest BCUT2D eigenvalue weighted by molar-refractivity contribution is 5.37. The number of likely N-dealkylation sites (tertiary alicyclic amines) is 1. The van der Waals surface area contributed by atoms with E-state index in [1.807, 2.05) is 6.07 Å². The van der Waals surface area contributed by atoms with Gasteiger partial charge in [-0.1, -0.05) is 12.5 Å². The molecule has 1 aliphatic carbocycles. The summed E-state index contributed by atoms with van der Waals surface area (Å²) in [5.41, 5.74) is 6.95. The largest absolute Gasteiger partial charge is 0.496 e. The fourth-order valence-corrected chi connectivity index (χ4v) is 4.15. The fourth-order valence-electron chi connectivity index (χ4n) is 4.15. The van der Waals surface area contributed by atoms with E-state index in [4.69, 9.17) is 10.5 Å². The summed E-state index contributed by atoms with van der Waals surface area (Å²) in [6.45, 7) is 4.07. The maximum atomic E-state index is 14.3.